The SMILES string of the molecule is CCc1cnn2c(NCc3ccc[n+]([O-])c3)cc(N3CCCC[C@H]3CCOC(=O)C(N)CC(C)C)nc12. The van der Waals surface area contributed by atoms with Crippen LogP contribution >= 0.6 is 0 Å². The molecule has 2 atom stereocenters. The molecule has 3 N–H and O–H groups in total. The van der Waals surface area contributed by atoms with Gasteiger partial charge in [0.25, 0.3) is 0 Å². The van der Waals surface area contributed by atoms with E-state index in [2.05, 4.69) is 22.2 Å². The summed E-state index contributed by atoms with van der Waals surface area (Å²) in [6.07, 6.45) is 10.3. The van der Waals surface area contributed by atoms with E-state index in [4.69, 9.17) is 15.5 Å². The molecule has 0 spiro atoms. The molecular formula is C27H39N7O3. The lowest BCUT2D eigenvalue weighted by Crippen LogP contribution is -2.41. The minimum atomic E-state index is -0.574. The van der Waals surface area contributed by atoms with E-state index >= 15 is 0 Å². The summed E-state index contributed by atoms with van der Waals surface area (Å²) in [5, 5.41) is 19.7. The highest BCUT2D eigenvalue weighted by molar-refractivity contribution is 5.75. The van der Waals surface area contributed by atoms with Crippen molar-refractivity contribution in [2.24, 2.45) is 11.7 Å². The Hall–Kier alpha value is -3.40. The second-order valence-electron chi connectivity index (χ2n) is 10.2. The smallest absolute Gasteiger partial charge is 0.322 e. The number of hydrogen-bond acceptors (Lipinski definition) is 8. The second kappa shape index (κ2) is 12.2. The Bertz CT molecular complexity index is 1200. The molecule has 4 heterocycles. The van der Waals surface area contributed by atoms with Gasteiger partial charge in [-0.2, -0.15) is 14.3 Å². The zero-order valence-electron chi connectivity index (χ0n) is 22.1. The summed E-state index contributed by atoms with van der Waals surface area (Å²) in [5.74, 6) is 1.72. The number of pyridine rings is 1. The lowest BCUT2D eigenvalue weighted by Gasteiger charge is -2.37. The Morgan fingerprint density at radius 3 is 2.97 bits per heavy atom. The first-order chi connectivity index (χ1) is 17.9. The third kappa shape index (κ3) is 6.68. The standard InChI is InChI=1S/C27H39N7O3/c1-4-21-17-30-34-24(29-16-20-8-7-11-32(36)18-20)15-25(31-26(21)34)33-12-6-5-9-22(33)10-13-37-27(35)23(28)14-19(2)3/h7-8,11,15,17-19,22-23,29H,4-6,9-10,12-14,16,28H2,1-3H3/t22-,23?/m0/s1. The Labute approximate surface area is 218 Å². The van der Waals surface area contributed by atoms with Crippen LogP contribution in [0.5, 0.6) is 0 Å². The fourth-order valence-electron chi connectivity index (χ4n) is 4.93. The van der Waals surface area contributed by atoms with Crippen molar-refractivity contribution in [2.75, 3.05) is 23.4 Å². The topological polar surface area (TPSA) is 125 Å². The van der Waals surface area contributed by atoms with Crippen LogP contribution in [0.3, 0.4) is 0 Å². The minimum absolute atomic E-state index is 0.215. The number of anilines is 2. The van der Waals surface area contributed by atoms with Gasteiger partial charge in [-0.25, -0.2) is 4.98 Å². The highest BCUT2D eigenvalue weighted by Gasteiger charge is 2.26. The molecule has 4 rings (SSSR count). The normalized spacial score (nSPS) is 16.8. The first-order valence-corrected chi connectivity index (χ1v) is 13.3. The molecule has 0 bridgehead atoms. The lowest BCUT2D eigenvalue weighted by atomic mass is 9.99. The number of aryl methyl sites for hydroxylation is 1. The number of carbonyl (C=O) groups is 1. The largest absolute Gasteiger partial charge is 0.619 e. The number of rotatable bonds is 11. The summed E-state index contributed by atoms with van der Waals surface area (Å²) in [6, 6.07) is 5.32. The number of carbonyl (C=O) groups excluding carboxylic acids is 1. The number of nitrogens with two attached hydrogens (primary N) is 1. The van der Waals surface area contributed by atoms with E-state index in [0.29, 0.717) is 25.5 Å². The maximum absolute atomic E-state index is 12.3. The number of ether oxygens (including phenoxy) is 1. The minimum Gasteiger partial charge on any atom is -0.619 e. The van der Waals surface area contributed by atoms with Gasteiger partial charge in [-0.15, -0.1) is 0 Å². The summed E-state index contributed by atoms with van der Waals surface area (Å²) < 4.78 is 8.17. The number of hydrogen-bond donors (Lipinski definition) is 2. The summed E-state index contributed by atoms with van der Waals surface area (Å²) in [7, 11) is 0. The number of esters is 1. The first kappa shape index (κ1) is 26.7. The lowest BCUT2D eigenvalue weighted by molar-refractivity contribution is -0.605. The Balaban J connectivity index is 1.52. The van der Waals surface area contributed by atoms with E-state index in [9.17, 15) is 10.0 Å². The third-order valence-electron chi connectivity index (χ3n) is 6.87. The van der Waals surface area contributed by atoms with Crippen molar-refractivity contribution in [1.29, 1.82) is 0 Å². The molecule has 1 unspecified atom stereocenters. The average Bonchev–Trinajstić information content (AvgIpc) is 3.30. The fraction of sp³-hybridized carbons (Fsp3) is 0.556. The first-order valence-electron chi connectivity index (χ1n) is 13.3. The van der Waals surface area contributed by atoms with Crippen LogP contribution in [0.1, 0.15) is 64.0 Å². The number of piperidine rings is 1. The molecule has 10 nitrogen and oxygen atoms in total. The van der Waals surface area contributed by atoms with Crippen LogP contribution < -0.4 is 20.7 Å². The second-order valence-corrected chi connectivity index (χ2v) is 10.2. The zero-order valence-corrected chi connectivity index (χ0v) is 22.1. The van der Waals surface area contributed by atoms with Gasteiger partial charge in [0.1, 0.15) is 17.7 Å². The quantitative estimate of drug-likeness (QED) is 0.229. The summed E-state index contributed by atoms with van der Waals surface area (Å²) >= 11 is 0. The van der Waals surface area contributed by atoms with Gasteiger partial charge in [-0.1, -0.05) is 20.8 Å². The Morgan fingerprint density at radius 1 is 1.38 bits per heavy atom. The summed E-state index contributed by atoms with van der Waals surface area (Å²) in [5.41, 5.74) is 8.76. The van der Waals surface area contributed by atoms with Crippen LogP contribution in [0.4, 0.5) is 11.6 Å². The predicted octanol–water partition coefficient (Wildman–Crippen LogP) is 3.20. The summed E-state index contributed by atoms with van der Waals surface area (Å²) in [6.45, 7) is 7.90. The van der Waals surface area contributed by atoms with Gasteiger partial charge >= 0.3 is 5.97 Å². The predicted molar refractivity (Wildman–Crippen MR) is 143 cm³/mol. The van der Waals surface area contributed by atoms with Crippen LogP contribution in [0, 0.1) is 11.1 Å². The molecule has 1 aliphatic rings. The van der Waals surface area contributed by atoms with E-state index in [1.807, 2.05) is 36.7 Å². The molecule has 3 aromatic rings. The molecule has 37 heavy (non-hydrogen) atoms. The van der Waals surface area contributed by atoms with Crippen molar-refractivity contribution in [3.8, 4) is 0 Å². The van der Waals surface area contributed by atoms with Gasteiger partial charge in [-0.05, 0) is 44.1 Å². The molecule has 0 saturated carbocycles. The van der Waals surface area contributed by atoms with Gasteiger partial charge in [0.05, 0.1) is 12.8 Å². The van der Waals surface area contributed by atoms with Gasteiger partial charge in [0.15, 0.2) is 18.0 Å². The maximum Gasteiger partial charge on any atom is 0.322 e. The van der Waals surface area contributed by atoms with E-state index in [1.165, 1.54) is 6.20 Å². The van der Waals surface area contributed by atoms with Crippen LogP contribution in [0.15, 0.2) is 36.8 Å². The maximum atomic E-state index is 12.3. The average molecular weight is 510 g/mol. The van der Waals surface area contributed by atoms with Crippen LogP contribution in [-0.2, 0) is 22.5 Å². The molecule has 1 aliphatic heterocycles. The number of nitrogens with zero attached hydrogens (tertiary/aromatic N) is 5. The van der Waals surface area contributed by atoms with Crippen molar-refractivity contribution in [3.05, 3.63) is 53.1 Å². The van der Waals surface area contributed by atoms with Gasteiger partial charge in [0, 0.05) is 48.8 Å². The van der Waals surface area contributed by atoms with E-state index in [0.717, 1.165) is 71.8 Å². The van der Waals surface area contributed by atoms with Crippen LogP contribution in [-0.4, -0.2) is 45.8 Å². The Morgan fingerprint density at radius 2 is 2.22 bits per heavy atom. The van der Waals surface area contributed by atoms with E-state index in [-0.39, 0.29) is 12.0 Å². The number of nitrogens with one attached hydrogen (secondary N) is 1. The van der Waals surface area contributed by atoms with Crippen molar-refractivity contribution < 1.29 is 14.3 Å². The van der Waals surface area contributed by atoms with Gasteiger partial charge in [0.2, 0.25) is 0 Å². The number of fused-ring (bicyclic) bond motifs is 1. The van der Waals surface area contributed by atoms with E-state index < -0.39 is 6.04 Å². The number of aromatic nitrogens is 4. The van der Waals surface area contributed by atoms with Gasteiger partial charge in [-0.3, -0.25) is 4.79 Å². The molecule has 0 amide bonds. The zero-order chi connectivity index (χ0) is 26.4. The molecule has 10 heteroatoms. The molecule has 200 valence electrons. The highest BCUT2D eigenvalue weighted by atomic mass is 16.5. The molecule has 0 aromatic carbocycles. The van der Waals surface area contributed by atoms with Crippen LogP contribution in [0.25, 0.3) is 5.65 Å². The van der Waals surface area contributed by atoms with Crippen molar-refractivity contribution in [2.45, 2.75) is 77.9 Å². The molecule has 1 saturated heterocycles. The molecule has 0 radical (unpaired) electrons. The monoisotopic (exact) mass is 509 g/mol. The Kier molecular flexibility index (Phi) is 8.81. The molecule has 3 aromatic heterocycles. The van der Waals surface area contributed by atoms with Crippen LogP contribution in [0.2, 0.25) is 0 Å². The van der Waals surface area contributed by atoms with Crippen molar-refractivity contribution in [1.82, 2.24) is 14.6 Å². The fourth-order valence-corrected chi connectivity index (χ4v) is 4.93. The van der Waals surface area contributed by atoms with Crippen molar-refractivity contribution in [3.63, 3.8) is 0 Å². The molecular weight excluding hydrogens is 470 g/mol. The molecule has 0 aliphatic carbocycles. The molecule has 1 fully saturated rings. The highest BCUT2D eigenvalue weighted by Crippen LogP contribution is 2.29. The third-order valence-corrected chi connectivity index (χ3v) is 6.87. The van der Waals surface area contributed by atoms with Crippen molar-refractivity contribution >= 4 is 23.3 Å². The summed E-state index contributed by atoms with van der Waals surface area (Å²) in [4.78, 5) is 19.7. The van der Waals surface area contributed by atoms with E-state index in [1.54, 1.807) is 12.3 Å². The van der Waals surface area contributed by atoms with Gasteiger partial charge < -0.3 is 25.9 Å².